The number of hydrogen-bond donors (Lipinski definition) is 0. The van der Waals surface area contributed by atoms with E-state index in [4.69, 9.17) is 23.2 Å². The molecule has 1 nitrogen and oxygen atoms in total. The average molecular weight is 192 g/mol. The first-order valence-electron chi connectivity index (χ1n) is 3.48. The van der Waals surface area contributed by atoms with Crippen LogP contribution in [-0.2, 0) is 0 Å². The quantitative estimate of drug-likeness (QED) is 0.570. The van der Waals surface area contributed by atoms with Gasteiger partial charge in [0.15, 0.2) is 0 Å². The molecule has 0 aliphatic carbocycles. The number of nitrogens with zero attached hydrogens (tertiary/aromatic N) is 1. The molecule has 1 rings (SSSR count). The molecule has 0 saturated carbocycles. The molecule has 0 aliphatic rings. The van der Waals surface area contributed by atoms with Crippen LogP contribution in [0, 0.1) is 6.92 Å². The van der Waals surface area contributed by atoms with Gasteiger partial charge in [0.25, 0.3) is 0 Å². The predicted octanol–water partition coefficient (Wildman–Crippen LogP) is 3.72. The van der Waals surface area contributed by atoms with Gasteiger partial charge in [0.05, 0.1) is 5.02 Å². The van der Waals surface area contributed by atoms with Crippen molar-refractivity contribution in [3.05, 3.63) is 28.0 Å². The van der Waals surface area contributed by atoms with Crippen molar-refractivity contribution in [2.24, 2.45) is 0 Å². The van der Waals surface area contributed by atoms with Crippen molar-refractivity contribution in [2.45, 2.75) is 20.8 Å². The van der Waals surface area contributed by atoms with Gasteiger partial charge in [-0.15, -0.1) is 0 Å². The topological polar surface area (TPSA) is 12.9 Å². The Balaban J connectivity index is 0.000000461. The third-order valence-electron chi connectivity index (χ3n) is 0.933. The predicted molar refractivity (Wildman–Crippen MR) is 50.3 cm³/mol. The second kappa shape index (κ2) is 5.39. The van der Waals surface area contributed by atoms with Gasteiger partial charge in [-0.25, -0.2) is 4.98 Å². The van der Waals surface area contributed by atoms with Crippen LogP contribution in [0.2, 0.25) is 10.2 Å². The van der Waals surface area contributed by atoms with Gasteiger partial charge in [0.1, 0.15) is 5.15 Å². The minimum atomic E-state index is 0.363. The first kappa shape index (κ1) is 10.7. The SMILES string of the molecule is CC.Cc1cnc(Cl)c(Cl)c1. The molecular formula is C8H11Cl2N. The van der Waals surface area contributed by atoms with Crippen LogP contribution in [0.15, 0.2) is 12.3 Å². The van der Waals surface area contributed by atoms with E-state index in [9.17, 15) is 0 Å². The standard InChI is InChI=1S/C6H5Cl2N.C2H6/c1-4-2-5(7)6(8)9-3-4;1-2/h2-3H,1H3;1-2H3. The van der Waals surface area contributed by atoms with Gasteiger partial charge in [-0.2, -0.15) is 0 Å². The number of halogens is 2. The molecular weight excluding hydrogens is 181 g/mol. The Bertz CT molecular complexity index is 223. The Morgan fingerprint density at radius 2 is 1.82 bits per heavy atom. The third kappa shape index (κ3) is 3.59. The molecule has 0 amide bonds. The fourth-order valence-corrected chi connectivity index (χ4v) is 0.841. The summed E-state index contributed by atoms with van der Waals surface area (Å²) in [5.41, 5.74) is 1.02. The van der Waals surface area contributed by atoms with Crippen LogP contribution in [0.1, 0.15) is 19.4 Å². The van der Waals surface area contributed by atoms with E-state index < -0.39 is 0 Å². The molecule has 0 N–H and O–H groups in total. The highest BCUT2D eigenvalue weighted by molar-refractivity contribution is 6.41. The summed E-state index contributed by atoms with van der Waals surface area (Å²) in [7, 11) is 0. The normalized spacial score (nSPS) is 8.45. The molecule has 3 heteroatoms. The zero-order valence-corrected chi connectivity index (χ0v) is 8.37. The zero-order valence-electron chi connectivity index (χ0n) is 6.86. The maximum absolute atomic E-state index is 5.62. The van der Waals surface area contributed by atoms with Gasteiger partial charge in [-0.3, -0.25) is 0 Å². The lowest BCUT2D eigenvalue weighted by molar-refractivity contribution is 1.27. The number of pyridine rings is 1. The van der Waals surface area contributed by atoms with Gasteiger partial charge < -0.3 is 0 Å². The summed E-state index contributed by atoms with van der Waals surface area (Å²) in [6.07, 6.45) is 1.67. The first-order chi connectivity index (χ1) is 5.20. The molecule has 0 aliphatic heterocycles. The smallest absolute Gasteiger partial charge is 0.147 e. The Morgan fingerprint density at radius 3 is 2.18 bits per heavy atom. The molecule has 0 unspecified atom stereocenters. The summed E-state index contributed by atoms with van der Waals surface area (Å²) in [4.78, 5) is 3.81. The fourth-order valence-electron chi connectivity index (χ4n) is 0.517. The zero-order chi connectivity index (χ0) is 8.85. The maximum Gasteiger partial charge on any atom is 0.147 e. The number of aromatic nitrogens is 1. The van der Waals surface area contributed by atoms with E-state index in [1.807, 2.05) is 20.8 Å². The Kier molecular flexibility index (Phi) is 5.26. The van der Waals surface area contributed by atoms with Gasteiger partial charge >= 0.3 is 0 Å². The Labute approximate surface area is 77.4 Å². The highest BCUT2D eigenvalue weighted by Gasteiger charge is 1.95. The van der Waals surface area contributed by atoms with E-state index in [2.05, 4.69) is 4.98 Å². The second-order valence-corrected chi connectivity index (χ2v) is 2.55. The van der Waals surface area contributed by atoms with E-state index in [1.54, 1.807) is 12.3 Å². The van der Waals surface area contributed by atoms with Gasteiger partial charge in [-0.05, 0) is 18.6 Å². The minimum absolute atomic E-state index is 0.363. The molecule has 1 aromatic heterocycles. The third-order valence-corrected chi connectivity index (χ3v) is 1.62. The van der Waals surface area contributed by atoms with Crippen LogP contribution in [0.3, 0.4) is 0 Å². The average Bonchev–Trinajstić information content (AvgIpc) is 2.02. The molecule has 0 atom stereocenters. The largest absolute Gasteiger partial charge is 0.243 e. The molecule has 11 heavy (non-hydrogen) atoms. The molecule has 1 aromatic rings. The molecule has 0 radical (unpaired) electrons. The second-order valence-electron chi connectivity index (χ2n) is 1.79. The number of aryl methyl sites for hydroxylation is 1. The summed E-state index contributed by atoms with van der Waals surface area (Å²) in [6, 6.07) is 1.77. The van der Waals surface area contributed by atoms with Crippen molar-refractivity contribution >= 4 is 23.2 Å². The van der Waals surface area contributed by atoms with Crippen LogP contribution in [0.25, 0.3) is 0 Å². The van der Waals surface area contributed by atoms with Crippen LogP contribution < -0.4 is 0 Å². The Morgan fingerprint density at radius 1 is 1.27 bits per heavy atom. The van der Waals surface area contributed by atoms with E-state index >= 15 is 0 Å². The van der Waals surface area contributed by atoms with Crippen molar-refractivity contribution in [1.82, 2.24) is 4.98 Å². The molecule has 0 aromatic carbocycles. The monoisotopic (exact) mass is 191 g/mol. The van der Waals surface area contributed by atoms with Crippen molar-refractivity contribution in [2.75, 3.05) is 0 Å². The molecule has 62 valence electrons. The number of rotatable bonds is 0. The minimum Gasteiger partial charge on any atom is -0.243 e. The van der Waals surface area contributed by atoms with Gasteiger partial charge in [0, 0.05) is 6.20 Å². The fraction of sp³-hybridized carbons (Fsp3) is 0.375. The molecule has 0 fully saturated rings. The lowest BCUT2D eigenvalue weighted by atomic mass is 10.3. The highest BCUT2D eigenvalue weighted by Crippen LogP contribution is 2.18. The van der Waals surface area contributed by atoms with Crippen LogP contribution >= 0.6 is 23.2 Å². The summed E-state index contributed by atoms with van der Waals surface area (Å²) in [5, 5.41) is 0.874. The first-order valence-corrected chi connectivity index (χ1v) is 4.23. The van der Waals surface area contributed by atoms with Crippen molar-refractivity contribution in [1.29, 1.82) is 0 Å². The highest BCUT2D eigenvalue weighted by atomic mass is 35.5. The van der Waals surface area contributed by atoms with Crippen molar-refractivity contribution in [3.63, 3.8) is 0 Å². The summed E-state index contributed by atoms with van der Waals surface area (Å²) in [5.74, 6) is 0. The van der Waals surface area contributed by atoms with Crippen molar-refractivity contribution < 1.29 is 0 Å². The van der Waals surface area contributed by atoms with E-state index in [0.29, 0.717) is 10.2 Å². The Hall–Kier alpha value is -0.270. The maximum atomic E-state index is 5.62. The van der Waals surface area contributed by atoms with Crippen LogP contribution in [0.4, 0.5) is 0 Å². The summed E-state index contributed by atoms with van der Waals surface area (Å²) < 4.78 is 0. The lowest BCUT2D eigenvalue weighted by Gasteiger charge is -1.93. The van der Waals surface area contributed by atoms with E-state index in [1.165, 1.54) is 0 Å². The molecule has 0 bridgehead atoms. The molecule has 0 spiro atoms. The summed E-state index contributed by atoms with van der Waals surface area (Å²) in [6.45, 7) is 5.91. The van der Waals surface area contributed by atoms with E-state index in [-0.39, 0.29) is 0 Å². The number of hydrogen-bond acceptors (Lipinski definition) is 1. The van der Waals surface area contributed by atoms with Crippen LogP contribution in [0.5, 0.6) is 0 Å². The van der Waals surface area contributed by atoms with Gasteiger partial charge in [-0.1, -0.05) is 37.0 Å². The van der Waals surface area contributed by atoms with E-state index in [0.717, 1.165) is 5.56 Å². The van der Waals surface area contributed by atoms with Gasteiger partial charge in [0.2, 0.25) is 0 Å². The lowest BCUT2D eigenvalue weighted by Crippen LogP contribution is -1.77. The molecule has 0 saturated heterocycles. The van der Waals surface area contributed by atoms with Crippen molar-refractivity contribution in [3.8, 4) is 0 Å². The molecule has 1 heterocycles. The van der Waals surface area contributed by atoms with Crippen LogP contribution in [-0.4, -0.2) is 4.98 Å². The summed E-state index contributed by atoms with van der Waals surface area (Å²) >= 11 is 11.2.